The van der Waals surface area contributed by atoms with Crippen molar-refractivity contribution in [2.75, 3.05) is 17.1 Å². The number of carbonyl (C=O) groups excluding carboxylic acids is 1. The quantitative estimate of drug-likeness (QED) is 0.818. The van der Waals surface area contributed by atoms with Crippen LogP contribution in [0.5, 0.6) is 5.75 Å². The SMILES string of the molecule is Cc1ccc2c(c1)N(S(C)(=O)=O)CC[C@H](C(=O)NC1CCCCCC1)O2. The molecule has 1 fully saturated rings. The summed E-state index contributed by atoms with van der Waals surface area (Å²) in [6.07, 6.45) is 7.58. The van der Waals surface area contributed by atoms with Crippen LogP contribution < -0.4 is 14.4 Å². The average Bonchev–Trinajstić information content (AvgIpc) is 2.92. The first kappa shape index (κ1) is 19.0. The molecule has 1 aliphatic heterocycles. The number of nitrogens with one attached hydrogen (secondary N) is 1. The number of aryl methyl sites for hydroxylation is 1. The summed E-state index contributed by atoms with van der Waals surface area (Å²) in [6.45, 7) is 2.14. The molecule has 1 atom stereocenters. The molecule has 1 saturated carbocycles. The lowest BCUT2D eigenvalue weighted by molar-refractivity contribution is -0.128. The molecule has 0 unspecified atom stereocenters. The summed E-state index contributed by atoms with van der Waals surface area (Å²) in [4.78, 5) is 12.8. The Hall–Kier alpha value is -1.76. The van der Waals surface area contributed by atoms with Crippen molar-refractivity contribution in [2.24, 2.45) is 0 Å². The normalized spacial score (nSPS) is 21.9. The van der Waals surface area contributed by atoms with E-state index in [0.29, 0.717) is 17.9 Å². The average molecular weight is 381 g/mol. The number of fused-ring (bicyclic) bond motifs is 1. The second kappa shape index (κ2) is 7.86. The molecular weight excluding hydrogens is 352 g/mol. The third kappa shape index (κ3) is 4.50. The summed E-state index contributed by atoms with van der Waals surface area (Å²) in [6, 6.07) is 5.60. The van der Waals surface area contributed by atoms with Gasteiger partial charge in [-0.2, -0.15) is 0 Å². The minimum absolute atomic E-state index is 0.140. The molecule has 144 valence electrons. The van der Waals surface area contributed by atoms with Gasteiger partial charge in [0.05, 0.1) is 11.9 Å². The van der Waals surface area contributed by atoms with Gasteiger partial charge in [-0.15, -0.1) is 0 Å². The lowest BCUT2D eigenvalue weighted by atomic mass is 10.1. The number of benzene rings is 1. The zero-order valence-electron chi connectivity index (χ0n) is 15.5. The molecular formula is C19H28N2O4S. The predicted octanol–water partition coefficient (Wildman–Crippen LogP) is 2.75. The molecule has 0 aromatic heterocycles. The standard InChI is InChI=1S/C19H28N2O4S/c1-14-9-10-17-16(13-14)21(26(2,23)24)12-11-18(25-17)19(22)20-15-7-5-3-4-6-8-15/h9-10,13,15,18H,3-8,11-12H2,1-2H3,(H,20,22)/t18-/m1/s1. The minimum atomic E-state index is -3.44. The Morgan fingerprint density at radius 1 is 1.15 bits per heavy atom. The van der Waals surface area contributed by atoms with Crippen LogP contribution in [-0.4, -0.2) is 39.3 Å². The minimum Gasteiger partial charge on any atom is -0.478 e. The second-order valence-corrected chi connectivity index (χ2v) is 9.31. The predicted molar refractivity (Wildman–Crippen MR) is 102 cm³/mol. The van der Waals surface area contributed by atoms with Crippen molar-refractivity contribution in [1.29, 1.82) is 0 Å². The van der Waals surface area contributed by atoms with Gasteiger partial charge in [0.15, 0.2) is 6.10 Å². The van der Waals surface area contributed by atoms with Crippen LogP contribution in [0.4, 0.5) is 5.69 Å². The van der Waals surface area contributed by atoms with Crippen molar-refractivity contribution >= 4 is 21.6 Å². The number of ether oxygens (including phenoxy) is 1. The van der Waals surface area contributed by atoms with Gasteiger partial charge in [0.25, 0.3) is 5.91 Å². The zero-order chi connectivity index (χ0) is 18.7. The number of amides is 1. The zero-order valence-corrected chi connectivity index (χ0v) is 16.3. The van der Waals surface area contributed by atoms with Crippen molar-refractivity contribution in [3.05, 3.63) is 23.8 Å². The summed E-state index contributed by atoms with van der Waals surface area (Å²) in [5.41, 5.74) is 1.46. The van der Waals surface area contributed by atoms with E-state index in [0.717, 1.165) is 31.2 Å². The maximum absolute atomic E-state index is 12.8. The molecule has 1 aromatic carbocycles. The van der Waals surface area contributed by atoms with Crippen LogP contribution in [0, 0.1) is 6.92 Å². The van der Waals surface area contributed by atoms with Crippen molar-refractivity contribution in [3.63, 3.8) is 0 Å². The molecule has 0 saturated heterocycles. The van der Waals surface area contributed by atoms with Gasteiger partial charge in [-0.05, 0) is 37.5 Å². The van der Waals surface area contributed by atoms with Crippen molar-refractivity contribution in [3.8, 4) is 5.75 Å². The fourth-order valence-electron chi connectivity index (χ4n) is 3.74. The summed E-state index contributed by atoms with van der Waals surface area (Å²) in [5.74, 6) is 0.304. The number of hydrogen-bond acceptors (Lipinski definition) is 4. The summed E-state index contributed by atoms with van der Waals surface area (Å²) in [7, 11) is -3.44. The van der Waals surface area contributed by atoms with Gasteiger partial charge in [0, 0.05) is 19.0 Å². The fraction of sp³-hybridized carbons (Fsp3) is 0.632. The van der Waals surface area contributed by atoms with Gasteiger partial charge < -0.3 is 10.1 Å². The summed E-state index contributed by atoms with van der Waals surface area (Å²) in [5, 5.41) is 3.12. The molecule has 2 aliphatic rings. The number of sulfonamides is 1. The lowest BCUT2D eigenvalue weighted by Crippen LogP contribution is -2.44. The van der Waals surface area contributed by atoms with Crippen LogP contribution in [0.25, 0.3) is 0 Å². The Morgan fingerprint density at radius 2 is 1.85 bits per heavy atom. The van der Waals surface area contributed by atoms with Crippen molar-refractivity contribution in [1.82, 2.24) is 5.32 Å². The number of carbonyl (C=O) groups is 1. The highest BCUT2D eigenvalue weighted by atomic mass is 32.2. The first-order valence-corrected chi connectivity index (χ1v) is 11.2. The molecule has 1 aromatic rings. The van der Waals surface area contributed by atoms with E-state index in [1.54, 1.807) is 12.1 Å². The van der Waals surface area contributed by atoms with Crippen LogP contribution in [0.3, 0.4) is 0 Å². The number of rotatable bonds is 3. The highest BCUT2D eigenvalue weighted by Gasteiger charge is 2.32. The monoisotopic (exact) mass is 380 g/mol. The van der Waals surface area contributed by atoms with Gasteiger partial charge in [-0.25, -0.2) is 8.42 Å². The maximum atomic E-state index is 12.8. The van der Waals surface area contributed by atoms with Gasteiger partial charge in [0.1, 0.15) is 5.75 Å². The second-order valence-electron chi connectivity index (χ2n) is 7.40. The Balaban J connectivity index is 1.79. The van der Waals surface area contributed by atoms with Gasteiger partial charge in [-0.3, -0.25) is 9.10 Å². The summed E-state index contributed by atoms with van der Waals surface area (Å²) >= 11 is 0. The van der Waals surface area contributed by atoms with Crippen molar-refractivity contribution < 1.29 is 17.9 Å². The number of nitrogens with zero attached hydrogens (tertiary/aromatic N) is 1. The molecule has 3 rings (SSSR count). The largest absolute Gasteiger partial charge is 0.478 e. The van der Waals surface area contributed by atoms with E-state index >= 15 is 0 Å². The van der Waals surface area contributed by atoms with Crippen LogP contribution in [0.1, 0.15) is 50.5 Å². The first-order valence-electron chi connectivity index (χ1n) is 9.40. The van der Waals surface area contributed by atoms with E-state index in [1.165, 1.54) is 23.4 Å². The van der Waals surface area contributed by atoms with Gasteiger partial charge in [0.2, 0.25) is 10.0 Å². The molecule has 6 nitrogen and oxygen atoms in total. The lowest BCUT2D eigenvalue weighted by Gasteiger charge is -2.21. The third-order valence-electron chi connectivity index (χ3n) is 5.14. The molecule has 1 aliphatic carbocycles. The number of anilines is 1. The Bertz CT molecular complexity index is 755. The highest BCUT2D eigenvalue weighted by molar-refractivity contribution is 7.92. The fourth-order valence-corrected chi connectivity index (χ4v) is 4.67. The molecule has 0 radical (unpaired) electrons. The summed E-state index contributed by atoms with van der Waals surface area (Å²) < 4.78 is 31.7. The van der Waals surface area contributed by atoms with E-state index < -0.39 is 16.1 Å². The molecule has 7 heteroatoms. The van der Waals surface area contributed by atoms with E-state index in [-0.39, 0.29) is 18.5 Å². The molecule has 1 heterocycles. The number of hydrogen-bond donors (Lipinski definition) is 1. The van der Waals surface area contributed by atoms with Gasteiger partial charge in [-0.1, -0.05) is 31.7 Å². The molecule has 1 N–H and O–H groups in total. The Morgan fingerprint density at radius 3 is 2.50 bits per heavy atom. The topological polar surface area (TPSA) is 75.7 Å². The molecule has 0 bridgehead atoms. The first-order chi connectivity index (χ1) is 12.3. The smallest absolute Gasteiger partial charge is 0.261 e. The molecule has 0 spiro atoms. The Kier molecular flexibility index (Phi) is 5.75. The van der Waals surface area contributed by atoms with E-state index in [4.69, 9.17) is 4.74 Å². The van der Waals surface area contributed by atoms with Crippen LogP contribution >= 0.6 is 0 Å². The maximum Gasteiger partial charge on any atom is 0.261 e. The van der Waals surface area contributed by atoms with E-state index in [1.807, 2.05) is 13.0 Å². The van der Waals surface area contributed by atoms with Crippen LogP contribution in [0.2, 0.25) is 0 Å². The third-order valence-corrected chi connectivity index (χ3v) is 6.32. The van der Waals surface area contributed by atoms with Gasteiger partial charge >= 0.3 is 0 Å². The Labute approximate surface area is 156 Å². The molecule has 26 heavy (non-hydrogen) atoms. The van der Waals surface area contributed by atoms with Crippen LogP contribution in [0.15, 0.2) is 18.2 Å². The highest BCUT2D eigenvalue weighted by Crippen LogP contribution is 2.35. The van der Waals surface area contributed by atoms with Crippen LogP contribution in [-0.2, 0) is 14.8 Å². The van der Waals surface area contributed by atoms with E-state index in [2.05, 4.69) is 5.32 Å². The van der Waals surface area contributed by atoms with E-state index in [9.17, 15) is 13.2 Å². The van der Waals surface area contributed by atoms with Crippen molar-refractivity contribution in [2.45, 2.75) is 64.0 Å². The molecule has 1 amide bonds.